The van der Waals surface area contributed by atoms with Crippen LogP contribution in [0.15, 0.2) is 53.7 Å². The van der Waals surface area contributed by atoms with Crippen LogP contribution in [0.2, 0.25) is 0 Å². The van der Waals surface area contributed by atoms with Crippen molar-refractivity contribution in [2.24, 2.45) is 4.99 Å². The lowest BCUT2D eigenvalue weighted by atomic mass is 10.1. The van der Waals surface area contributed by atoms with Gasteiger partial charge in [0.15, 0.2) is 5.96 Å². The Morgan fingerprint density at radius 1 is 1.23 bits per heavy atom. The van der Waals surface area contributed by atoms with Gasteiger partial charge >= 0.3 is 0 Å². The predicted molar refractivity (Wildman–Crippen MR) is 117 cm³/mol. The number of guanidine groups is 1. The number of hydrogen-bond donors (Lipinski definition) is 2. The van der Waals surface area contributed by atoms with Gasteiger partial charge in [-0.05, 0) is 43.5 Å². The lowest BCUT2D eigenvalue weighted by Gasteiger charge is -2.14. The summed E-state index contributed by atoms with van der Waals surface area (Å²) in [6.45, 7) is 5.22. The van der Waals surface area contributed by atoms with Gasteiger partial charge < -0.3 is 15.4 Å². The van der Waals surface area contributed by atoms with Crippen LogP contribution >= 0.6 is 24.0 Å². The number of aromatic nitrogens is 1. The maximum Gasteiger partial charge on any atom is 0.191 e. The second kappa shape index (κ2) is 11.1. The van der Waals surface area contributed by atoms with E-state index in [1.54, 1.807) is 0 Å². The average molecular weight is 466 g/mol. The average Bonchev–Trinajstić information content (AvgIpc) is 3.18. The number of aliphatic imine (C=N–C) groups is 1. The zero-order valence-electron chi connectivity index (χ0n) is 15.1. The summed E-state index contributed by atoms with van der Waals surface area (Å²) in [6.07, 6.45) is 4.40. The van der Waals surface area contributed by atoms with Crippen molar-refractivity contribution in [3.05, 3.63) is 54.2 Å². The Hall–Kier alpha value is -1.67. The highest BCUT2D eigenvalue weighted by atomic mass is 127. The van der Waals surface area contributed by atoms with Crippen LogP contribution in [0.25, 0.3) is 11.3 Å². The minimum absolute atomic E-state index is 0. The molecular formula is C20H27IN4O. The van der Waals surface area contributed by atoms with E-state index in [2.05, 4.69) is 46.8 Å². The van der Waals surface area contributed by atoms with Gasteiger partial charge in [0.05, 0.1) is 18.3 Å². The number of nitrogens with one attached hydrogen (secondary N) is 2. The Kier molecular flexibility index (Phi) is 8.84. The van der Waals surface area contributed by atoms with Crippen molar-refractivity contribution in [3.8, 4) is 11.3 Å². The van der Waals surface area contributed by atoms with Gasteiger partial charge in [-0.3, -0.25) is 4.98 Å². The normalized spacial score (nSPS) is 16.8. The monoisotopic (exact) mass is 466 g/mol. The van der Waals surface area contributed by atoms with Gasteiger partial charge in [0, 0.05) is 31.5 Å². The van der Waals surface area contributed by atoms with Crippen molar-refractivity contribution in [2.45, 2.75) is 32.4 Å². The number of rotatable bonds is 6. The number of ether oxygens (including phenoxy) is 1. The second-order valence-corrected chi connectivity index (χ2v) is 6.13. The quantitative estimate of drug-likeness (QED) is 0.388. The highest BCUT2D eigenvalue weighted by Gasteiger charge is 2.15. The molecule has 1 saturated heterocycles. The van der Waals surface area contributed by atoms with Crippen LogP contribution in [0.4, 0.5) is 0 Å². The van der Waals surface area contributed by atoms with Gasteiger partial charge in [-0.25, -0.2) is 4.99 Å². The molecule has 3 rings (SSSR count). The first-order valence-electron chi connectivity index (χ1n) is 8.99. The van der Waals surface area contributed by atoms with E-state index in [0.29, 0.717) is 12.6 Å². The van der Waals surface area contributed by atoms with Crippen molar-refractivity contribution < 1.29 is 4.74 Å². The zero-order valence-corrected chi connectivity index (χ0v) is 17.5. The Morgan fingerprint density at radius 3 is 2.88 bits per heavy atom. The fourth-order valence-corrected chi connectivity index (χ4v) is 2.89. The van der Waals surface area contributed by atoms with E-state index in [1.165, 1.54) is 0 Å². The van der Waals surface area contributed by atoms with Crippen LogP contribution < -0.4 is 10.6 Å². The Balaban J connectivity index is 0.00000243. The number of nitrogens with zero attached hydrogens (tertiary/aromatic N) is 2. The van der Waals surface area contributed by atoms with E-state index in [0.717, 1.165) is 55.3 Å². The van der Waals surface area contributed by atoms with E-state index < -0.39 is 0 Å². The van der Waals surface area contributed by atoms with E-state index in [9.17, 15) is 0 Å². The summed E-state index contributed by atoms with van der Waals surface area (Å²) < 4.78 is 5.66. The Labute approximate surface area is 172 Å². The maximum atomic E-state index is 5.66. The van der Waals surface area contributed by atoms with Gasteiger partial charge in [0.2, 0.25) is 0 Å². The molecule has 26 heavy (non-hydrogen) atoms. The fraction of sp³-hybridized carbons (Fsp3) is 0.400. The highest BCUT2D eigenvalue weighted by molar-refractivity contribution is 14.0. The van der Waals surface area contributed by atoms with Gasteiger partial charge in [-0.2, -0.15) is 0 Å². The molecule has 1 unspecified atom stereocenters. The van der Waals surface area contributed by atoms with E-state index in [4.69, 9.17) is 9.73 Å². The maximum absolute atomic E-state index is 5.66. The van der Waals surface area contributed by atoms with Crippen LogP contribution in [0.3, 0.4) is 0 Å². The highest BCUT2D eigenvalue weighted by Crippen LogP contribution is 2.18. The standard InChI is InChI=1S/C20H26N4O.HI/c1-2-21-20(24-15-18-9-6-12-25-18)23-14-16-7-5-8-17(13-16)19-10-3-4-11-22-19;/h3-5,7-8,10-11,13,18H,2,6,9,12,14-15H2,1H3,(H2,21,23,24);1H. The topological polar surface area (TPSA) is 58.5 Å². The van der Waals surface area contributed by atoms with Crippen LogP contribution in [0.1, 0.15) is 25.3 Å². The molecular weight excluding hydrogens is 439 g/mol. The van der Waals surface area contributed by atoms with Crippen molar-refractivity contribution in [1.29, 1.82) is 0 Å². The van der Waals surface area contributed by atoms with Crippen LogP contribution in [-0.4, -0.2) is 36.7 Å². The fourth-order valence-electron chi connectivity index (χ4n) is 2.89. The molecule has 1 aliphatic rings. The molecule has 1 fully saturated rings. The molecule has 140 valence electrons. The molecule has 2 N–H and O–H groups in total. The molecule has 0 bridgehead atoms. The summed E-state index contributed by atoms with van der Waals surface area (Å²) in [5.41, 5.74) is 3.26. The molecule has 0 saturated carbocycles. The summed E-state index contributed by atoms with van der Waals surface area (Å²) in [7, 11) is 0. The molecule has 1 aliphatic heterocycles. The second-order valence-electron chi connectivity index (χ2n) is 6.13. The van der Waals surface area contributed by atoms with Gasteiger partial charge in [0.1, 0.15) is 0 Å². The van der Waals surface area contributed by atoms with E-state index in [-0.39, 0.29) is 24.0 Å². The minimum atomic E-state index is 0. The van der Waals surface area contributed by atoms with E-state index in [1.807, 2.05) is 24.4 Å². The van der Waals surface area contributed by atoms with Crippen molar-refractivity contribution in [3.63, 3.8) is 0 Å². The number of hydrogen-bond acceptors (Lipinski definition) is 3. The molecule has 1 atom stereocenters. The van der Waals surface area contributed by atoms with Crippen LogP contribution in [0.5, 0.6) is 0 Å². The molecule has 0 spiro atoms. The lowest BCUT2D eigenvalue weighted by Crippen LogP contribution is -2.41. The Morgan fingerprint density at radius 2 is 2.15 bits per heavy atom. The van der Waals surface area contributed by atoms with Crippen LogP contribution in [0, 0.1) is 0 Å². The van der Waals surface area contributed by atoms with E-state index >= 15 is 0 Å². The first-order valence-corrected chi connectivity index (χ1v) is 8.99. The summed E-state index contributed by atoms with van der Waals surface area (Å²) in [4.78, 5) is 9.11. The van der Waals surface area contributed by atoms with Crippen molar-refractivity contribution in [1.82, 2.24) is 15.6 Å². The van der Waals surface area contributed by atoms with Gasteiger partial charge in [-0.15, -0.1) is 24.0 Å². The Bertz CT molecular complexity index is 687. The van der Waals surface area contributed by atoms with Gasteiger partial charge in [0.25, 0.3) is 0 Å². The summed E-state index contributed by atoms with van der Waals surface area (Å²) in [5.74, 6) is 0.834. The molecule has 0 radical (unpaired) electrons. The number of pyridine rings is 1. The molecule has 6 heteroatoms. The van der Waals surface area contributed by atoms with Crippen molar-refractivity contribution in [2.75, 3.05) is 19.7 Å². The molecule has 0 aliphatic carbocycles. The zero-order chi connectivity index (χ0) is 17.3. The SMILES string of the molecule is CCNC(=NCc1cccc(-c2ccccn2)c1)NCC1CCCO1.I. The lowest BCUT2D eigenvalue weighted by molar-refractivity contribution is 0.114. The largest absolute Gasteiger partial charge is 0.376 e. The third kappa shape index (κ3) is 6.25. The molecule has 2 heterocycles. The molecule has 2 aromatic rings. The smallest absolute Gasteiger partial charge is 0.191 e. The van der Waals surface area contributed by atoms with Gasteiger partial charge in [-0.1, -0.05) is 24.3 Å². The molecule has 0 amide bonds. The molecule has 1 aromatic heterocycles. The first kappa shape index (κ1) is 20.6. The number of benzene rings is 1. The molecule has 1 aromatic carbocycles. The third-order valence-electron chi connectivity index (χ3n) is 4.17. The third-order valence-corrected chi connectivity index (χ3v) is 4.17. The first-order chi connectivity index (χ1) is 12.3. The summed E-state index contributed by atoms with van der Waals surface area (Å²) >= 11 is 0. The summed E-state index contributed by atoms with van der Waals surface area (Å²) in [5, 5.41) is 6.67. The molecule has 5 nitrogen and oxygen atoms in total. The number of halogens is 1. The van der Waals surface area contributed by atoms with Crippen molar-refractivity contribution >= 4 is 29.9 Å². The summed E-state index contributed by atoms with van der Waals surface area (Å²) in [6, 6.07) is 14.3. The predicted octanol–water partition coefficient (Wildman–Crippen LogP) is 3.60. The van der Waals surface area contributed by atoms with Crippen LogP contribution in [-0.2, 0) is 11.3 Å². The minimum Gasteiger partial charge on any atom is -0.376 e.